The van der Waals surface area contributed by atoms with E-state index in [1.165, 1.54) is 34.2 Å². The molecule has 0 saturated heterocycles. The monoisotopic (exact) mass is 401 g/mol. The maximum Gasteiger partial charge on any atom is 0.143 e. The lowest BCUT2D eigenvalue weighted by molar-refractivity contribution is 0.417. The second-order valence-electron chi connectivity index (χ2n) is 7.37. The van der Waals surface area contributed by atoms with Gasteiger partial charge in [0.2, 0.25) is 0 Å². The number of nitrogens with zero attached hydrogens (tertiary/aromatic N) is 2. The highest BCUT2D eigenvalue weighted by Crippen LogP contribution is 2.40. The molecule has 1 aliphatic carbocycles. The summed E-state index contributed by atoms with van der Waals surface area (Å²) < 4.78 is 5.55. The van der Waals surface area contributed by atoms with Crippen molar-refractivity contribution < 1.29 is 4.74 Å². The summed E-state index contributed by atoms with van der Waals surface area (Å²) in [5.41, 5.74) is 3.58. The highest BCUT2D eigenvalue weighted by atomic mass is 32.1. The summed E-state index contributed by atoms with van der Waals surface area (Å²) in [4.78, 5) is 12.5. The lowest BCUT2D eigenvalue weighted by Crippen LogP contribution is -2.05. The van der Waals surface area contributed by atoms with E-state index in [2.05, 4.69) is 29.6 Å². The van der Waals surface area contributed by atoms with Crippen LogP contribution >= 0.6 is 11.3 Å². The summed E-state index contributed by atoms with van der Waals surface area (Å²) in [5.74, 6) is 2.55. The highest BCUT2D eigenvalue weighted by molar-refractivity contribution is 7.19. The van der Waals surface area contributed by atoms with Crippen molar-refractivity contribution in [1.82, 2.24) is 9.97 Å². The van der Waals surface area contributed by atoms with Gasteiger partial charge in [0, 0.05) is 11.3 Å². The van der Waals surface area contributed by atoms with Crippen LogP contribution in [-0.2, 0) is 19.3 Å². The van der Waals surface area contributed by atoms with E-state index < -0.39 is 0 Å². The fraction of sp³-hybridized carbons (Fsp3) is 0.250. The number of methoxy groups -OCH3 is 1. The Kier molecular flexibility index (Phi) is 4.90. The molecule has 1 aliphatic rings. The third kappa shape index (κ3) is 3.58. The Hall–Kier alpha value is -2.92. The van der Waals surface area contributed by atoms with Gasteiger partial charge in [-0.2, -0.15) is 0 Å². The third-order valence-electron chi connectivity index (χ3n) is 5.43. The van der Waals surface area contributed by atoms with E-state index in [0.717, 1.165) is 47.2 Å². The molecule has 0 aliphatic heterocycles. The number of fused-ring (bicyclic) bond motifs is 3. The smallest absolute Gasteiger partial charge is 0.143 e. The molecule has 2 aromatic carbocycles. The quantitative estimate of drug-likeness (QED) is 0.451. The molecular weight excluding hydrogens is 378 g/mol. The van der Waals surface area contributed by atoms with Crippen molar-refractivity contribution in [3.05, 3.63) is 76.4 Å². The van der Waals surface area contributed by atoms with Gasteiger partial charge in [-0.1, -0.05) is 42.5 Å². The number of anilines is 2. The van der Waals surface area contributed by atoms with Gasteiger partial charge in [-0.3, -0.25) is 0 Å². The van der Waals surface area contributed by atoms with Gasteiger partial charge in [-0.25, -0.2) is 9.97 Å². The van der Waals surface area contributed by atoms with Crippen molar-refractivity contribution in [3.63, 3.8) is 0 Å². The molecule has 0 radical (unpaired) electrons. The number of nitrogens with one attached hydrogen (secondary N) is 1. The van der Waals surface area contributed by atoms with Crippen LogP contribution in [0.5, 0.6) is 5.75 Å². The molecule has 146 valence electrons. The zero-order valence-electron chi connectivity index (χ0n) is 16.4. The van der Waals surface area contributed by atoms with Crippen LogP contribution in [-0.4, -0.2) is 17.1 Å². The first-order valence-corrected chi connectivity index (χ1v) is 10.9. The van der Waals surface area contributed by atoms with E-state index in [9.17, 15) is 0 Å². The Labute approximate surface area is 174 Å². The van der Waals surface area contributed by atoms with Crippen molar-refractivity contribution in [2.24, 2.45) is 0 Å². The van der Waals surface area contributed by atoms with Crippen LogP contribution in [0.1, 0.15) is 34.7 Å². The molecule has 5 rings (SSSR count). The molecule has 5 heteroatoms. The third-order valence-corrected chi connectivity index (χ3v) is 6.61. The van der Waals surface area contributed by atoms with Crippen LogP contribution in [0, 0.1) is 0 Å². The molecule has 1 N–H and O–H groups in total. The zero-order valence-corrected chi connectivity index (χ0v) is 17.3. The largest absolute Gasteiger partial charge is 0.495 e. The van der Waals surface area contributed by atoms with Gasteiger partial charge < -0.3 is 10.1 Å². The molecule has 4 aromatic rings. The number of thiophene rings is 1. The fourth-order valence-corrected chi connectivity index (χ4v) is 5.31. The molecule has 4 nitrogen and oxygen atoms in total. The SMILES string of the molecule is COc1ccccc1Nc1nc(Cc2ccccc2)nc2sc3c(c12)CCCC3. The van der Waals surface area contributed by atoms with Crippen molar-refractivity contribution in [2.75, 3.05) is 12.4 Å². The van der Waals surface area contributed by atoms with Crippen molar-refractivity contribution in [3.8, 4) is 5.75 Å². The van der Waals surface area contributed by atoms with Crippen LogP contribution < -0.4 is 10.1 Å². The Morgan fingerprint density at radius 2 is 1.76 bits per heavy atom. The summed E-state index contributed by atoms with van der Waals surface area (Å²) in [5, 5.41) is 4.75. The number of rotatable bonds is 5. The van der Waals surface area contributed by atoms with Gasteiger partial charge in [-0.05, 0) is 48.9 Å². The molecule has 0 fully saturated rings. The van der Waals surface area contributed by atoms with Gasteiger partial charge in [-0.15, -0.1) is 11.3 Å². The minimum Gasteiger partial charge on any atom is -0.495 e. The number of para-hydroxylation sites is 2. The van der Waals surface area contributed by atoms with E-state index in [1.54, 1.807) is 7.11 Å². The van der Waals surface area contributed by atoms with E-state index in [-0.39, 0.29) is 0 Å². The Morgan fingerprint density at radius 3 is 2.62 bits per heavy atom. The van der Waals surface area contributed by atoms with Crippen molar-refractivity contribution in [1.29, 1.82) is 0 Å². The number of benzene rings is 2. The topological polar surface area (TPSA) is 47.0 Å². The lowest BCUT2D eigenvalue weighted by atomic mass is 9.97. The van der Waals surface area contributed by atoms with Gasteiger partial charge in [0.15, 0.2) is 0 Å². The summed E-state index contributed by atoms with van der Waals surface area (Å²) >= 11 is 1.84. The van der Waals surface area contributed by atoms with Gasteiger partial charge >= 0.3 is 0 Å². The van der Waals surface area contributed by atoms with E-state index in [4.69, 9.17) is 14.7 Å². The Balaban J connectivity index is 1.63. The number of hydrogen-bond donors (Lipinski definition) is 1. The number of aromatic nitrogens is 2. The molecule has 0 spiro atoms. The normalized spacial score (nSPS) is 13.3. The lowest BCUT2D eigenvalue weighted by Gasteiger charge is -2.15. The number of ether oxygens (including phenoxy) is 1. The highest BCUT2D eigenvalue weighted by Gasteiger charge is 2.22. The summed E-state index contributed by atoms with van der Waals surface area (Å²) in [7, 11) is 1.70. The van der Waals surface area contributed by atoms with Crippen LogP contribution in [0.2, 0.25) is 0 Å². The van der Waals surface area contributed by atoms with Crippen LogP contribution in [0.15, 0.2) is 54.6 Å². The molecular formula is C24H23N3OS. The second kappa shape index (κ2) is 7.84. The molecule has 2 aromatic heterocycles. The Morgan fingerprint density at radius 1 is 0.966 bits per heavy atom. The van der Waals surface area contributed by atoms with Gasteiger partial charge in [0.05, 0.1) is 18.2 Å². The Bertz CT molecular complexity index is 1150. The number of aryl methyl sites for hydroxylation is 2. The summed E-state index contributed by atoms with van der Waals surface area (Å²) in [6.45, 7) is 0. The van der Waals surface area contributed by atoms with Crippen molar-refractivity contribution >= 4 is 33.1 Å². The second-order valence-corrected chi connectivity index (χ2v) is 8.45. The van der Waals surface area contributed by atoms with E-state index >= 15 is 0 Å². The summed E-state index contributed by atoms with van der Waals surface area (Å²) in [6.07, 6.45) is 5.48. The van der Waals surface area contributed by atoms with Gasteiger partial charge in [0.25, 0.3) is 0 Å². The molecule has 0 saturated carbocycles. The first-order valence-electron chi connectivity index (χ1n) is 10.1. The standard InChI is InChI=1S/C24H23N3OS/c1-28-19-13-7-6-12-18(19)25-23-22-17-11-5-8-14-20(17)29-24(22)27-21(26-23)15-16-9-3-2-4-10-16/h2-4,6-7,9-10,12-13H,5,8,11,14-15H2,1H3,(H,25,26,27). The molecule has 29 heavy (non-hydrogen) atoms. The minimum atomic E-state index is 0.722. The van der Waals surface area contributed by atoms with Crippen LogP contribution in [0.25, 0.3) is 10.2 Å². The molecule has 2 heterocycles. The predicted molar refractivity (Wildman–Crippen MR) is 120 cm³/mol. The van der Waals surface area contributed by atoms with Crippen molar-refractivity contribution in [2.45, 2.75) is 32.1 Å². The average molecular weight is 402 g/mol. The fourth-order valence-electron chi connectivity index (χ4n) is 4.03. The van der Waals surface area contributed by atoms with E-state index in [1.807, 2.05) is 41.7 Å². The first-order chi connectivity index (χ1) is 14.3. The minimum absolute atomic E-state index is 0.722. The van der Waals surface area contributed by atoms with Crippen LogP contribution in [0.3, 0.4) is 0 Å². The van der Waals surface area contributed by atoms with Crippen LogP contribution in [0.4, 0.5) is 11.5 Å². The molecule has 0 amide bonds. The predicted octanol–water partition coefficient (Wildman–Crippen LogP) is 5.91. The summed E-state index contributed by atoms with van der Waals surface area (Å²) in [6, 6.07) is 18.4. The number of hydrogen-bond acceptors (Lipinski definition) is 5. The van der Waals surface area contributed by atoms with E-state index in [0.29, 0.717) is 0 Å². The molecule has 0 bridgehead atoms. The zero-order chi connectivity index (χ0) is 19.6. The average Bonchev–Trinajstić information content (AvgIpc) is 3.13. The molecule has 0 unspecified atom stereocenters. The maximum absolute atomic E-state index is 5.55. The first kappa shape index (κ1) is 18.1. The molecule has 0 atom stereocenters. The van der Waals surface area contributed by atoms with Gasteiger partial charge in [0.1, 0.15) is 22.2 Å². The maximum atomic E-state index is 5.55.